The lowest BCUT2D eigenvalue weighted by molar-refractivity contribution is 0.281. The molecule has 37 heavy (non-hydrogen) atoms. The van der Waals surface area contributed by atoms with Crippen LogP contribution in [0.1, 0.15) is 158 Å². The summed E-state index contributed by atoms with van der Waals surface area (Å²) in [6.45, 7) is 21.1. The molecule has 0 N–H and O–H groups in total. The molecule has 0 spiro atoms. The van der Waals surface area contributed by atoms with E-state index in [0.29, 0.717) is 9.75 Å². The van der Waals surface area contributed by atoms with Gasteiger partial charge in [0.1, 0.15) is 0 Å². The number of unbranched alkanes of at least 4 members (excludes halogenated alkanes) is 8. The number of thioether (sulfide) groups is 1. The molecular formula is C32H70O2SSi2. The van der Waals surface area contributed by atoms with Crippen LogP contribution in [0.25, 0.3) is 0 Å². The van der Waals surface area contributed by atoms with Crippen LogP contribution < -0.4 is 0 Å². The van der Waals surface area contributed by atoms with Gasteiger partial charge >= 0.3 is 0 Å². The maximum atomic E-state index is 7.22. The Labute approximate surface area is 241 Å². The van der Waals surface area contributed by atoms with Crippen molar-refractivity contribution >= 4 is 28.4 Å². The van der Waals surface area contributed by atoms with Crippen LogP contribution in [-0.4, -0.2) is 39.6 Å². The SMILES string of the molecule is CCCCCO[Si](CCCC)(CCCC)C(CC)SC(CC)[Si](CCCC)(CCCC)OCCCCC. The molecule has 0 rings (SSSR count). The maximum absolute atomic E-state index is 7.22. The smallest absolute Gasteiger partial charge is 0.205 e. The normalized spacial score (nSPS) is 14.3. The van der Waals surface area contributed by atoms with Crippen LogP contribution in [0.15, 0.2) is 0 Å². The van der Waals surface area contributed by atoms with E-state index in [1.165, 1.54) is 127 Å². The Kier molecular flexibility index (Phi) is 25.0. The summed E-state index contributed by atoms with van der Waals surface area (Å²) < 4.78 is 14.4. The van der Waals surface area contributed by atoms with E-state index in [9.17, 15) is 0 Å². The molecule has 0 heterocycles. The van der Waals surface area contributed by atoms with Gasteiger partial charge in [0.2, 0.25) is 16.6 Å². The van der Waals surface area contributed by atoms with E-state index in [4.69, 9.17) is 8.85 Å². The fourth-order valence-corrected chi connectivity index (χ4v) is 21.0. The topological polar surface area (TPSA) is 18.5 Å². The molecule has 0 radical (unpaired) electrons. The molecule has 0 saturated carbocycles. The summed E-state index contributed by atoms with van der Waals surface area (Å²) in [5, 5.41) is 0. The number of rotatable bonds is 28. The van der Waals surface area contributed by atoms with Crippen molar-refractivity contribution < 1.29 is 8.85 Å². The van der Waals surface area contributed by atoms with Crippen LogP contribution in [0.3, 0.4) is 0 Å². The third-order valence-corrected chi connectivity index (χ3v) is 22.6. The van der Waals surface area contributed by atoms with Crippen molar-refractivity contribution in [3.8, 4) is 0 Å². The van der Waals surface area contributed by atoms with Gasteiger partial charge in [-0.25, -0.2) is 0 Å². The van der Waals surface area contributed by atoms with Crippen molar-refractivity contribution in [1.82, 2.24) is 0 Å². The predicted molar refractivity (Wildman–Crippen MR) is 177 cm³/mol. The zero-order valence-electron chi connectivity index (χ0n) is 26.9. The molecule has 0 fully saturated rings. The lowest BCUT2D eigenvalue weighted by atomic mass is 10.3. The zero-order valence-corrected chi connectivity index (χ0v) is 29.8. The Bertz CT molecular complexity index is 433. The minimum Gasteiger partial charge on any atom is -0.416 e. The molecule has 5 heteroatoms. The summed E-state index contributed by atoms with van der Waals surface area (Å²) in [5.74, 6) is 0. The summed E-state index contributed by atoms with van der Waals surface area (Å²) in [6.07, 6.45) is 20.8. The lowest BCUT2D eigenvalue weighted by Gasteiger charge is -2.44. The molecule has 0 saturated heterocycles. The highest BCUT2D eigenvalue weighted by atomic mass is 32.2. The summed E-state index contributed by atoms with van der Waals surface area (Å²) in [6, 6.07) is 5.47. The molecule has 0 amide bonds. The van der Waals surface area contributed by atoms with Gasteiger partial charge in [0.15, 0.2) is 0 Å². The van der Waals surface area contributed by atoms with Crippen molar-refractivity contribution in [3.05, 3.63) is 0 Å². The van der Waals surface area contributed by atoms with E-state index in [0.717, 1.165) is 13.2 Å². The highest BCUT2D eigenvalue weighted by Crippen LogP contribution is 2.43. The second-order valence-electron chi connectivity index (χ2n) is 11.6. The first-order valence-corrected chi connectivity index (χ1v) is 22.7. The highest BCUT2D eigenvalue weighted by molar-refractivity contribution is 8.03. The molecule has 0 aromatic heterocycles. The average Bonchev–Trinajstić information content (AvgIpc) is 2.92. The summed E-state index contributed by atoms with van der Waals surface area (Å²) in [7, 11) is -3.70. The molecule has 2 unspecified atom stereocenters. The Balaban J connectivity index is 6.19. The lowest BCUT2D eigenvalue weighted by Crippen LogP contribution is -2.54. The highest BCUT2D eigenvalue weighted by Gasteiger charge is 2.48. The maximum Gasteiger partial charge on any atom is 0.205 e. The average molecular weight is 575 g/mol. The van der Waals surface area contributed by atoms with Crippen LogP contribution in [-0.2, 0) is 8.85 Å². The molecule has 2 atom stereocenters. The van der Waals surface area contributed by atoms with E-state index in [1.807, 2.05) is 0 Å². The number of hydrogen-bond acceptors (Lipinski definition) is 3. The second-order valence-corrected chi connectivity index (χ2v) is 22.1. The summed E-state index contributed by atoms with van der Waals surface area (Å²) >= 11 is 2.41. The van der Waals surface area contributed by atoms with Crippen molar-refractivity contribution in [1.29, 1.82) is 0 Å². The van der Waals surface area contributed by atoms with E-state index < -0.39 is 16.6 Å². The van der Waals surface area contributed by atoms with Crippen LogP contribution in [0.5, 0.6) is 0 Å². The molecule has 224 valence electrons. The molecule has 0 aromatic carbocycles. The van der Waals surface area contributed by atoms with Gasteiger partial charge in [-0.05, 0) is 49.9 Å². The van der Waals surface area contributed by atoms with Gasteiger partial charge in [-0.3, -0.25) is 0 Å². The van der Waals surface area contributed by atoms with Gasteiger partial charge in [-0.15, -0.1) is 0 Å². The first-order chi connectivity index (χ1) is 18.0. The monoisotopic (exact) mass is 574 g/mol. The predicted octanol–water partition coefficient (Wildman–Crippen LogP) is 11.9. The van der Waals surface area contributed by atoms with Crippen molar-refractivity contribution in [2.45, 2.75) is 192 Å². The molecular weight excluding hydrogens is 505 g/mol. The zero-order chi connectivity index (χ0) is 27.8. The van der Waals surface area contributed by atoms with Crippen LogP contribution >= 0.6 is 11.8 Å². The molecule has 2 nitrogen and oxygen atoms in total. The Morgan fingerprint density at radius 2 is 0.730 bits per heavy atom. The fraction of sp³-hybridized carbons (Fsp3) is 1.00. The Hall–Kier alpha value is 0.704. The third kappa shape index (κ3) is 14.8. The molecule has 0 aliphatic rings. The fourth-order valence-electron chi connectivity index (χ4n) is 5.91. The molecule has 0 aliphatic carbocycles. The van der Waals surface area contributed by atoms with Gasteiger partial charge in [0.25, 0.3) is 0 Å². The number of hydrogen-bond donors (Lipinski definition) is 0. The van der Waals surface area contributed by atoms with Gasteiger partial charge in [-0.1, -0.05) is 132 Å². The summed E-state index contributed by atoms with van der Waals surface area (Å²) in [4.78, 5) is 1.43. The van der Waals surface area contributed by atoms with Gasteiger partial charge < -0.3 is 8.85 Å². The van der Waals surface area contributed by atoms with E-state index >= 15 is 0 Å². The standard InChI is InChI=1S/C32H70O2SSi2/c1-9-17-23-25-33-36(27-19-11-3,28-20-12-4)31(15-7)35-32(16-8)37(29-21-13-5,30-22-14-6)34-26-24-18-10-2/h31-32H,9-30H2,1-8H3. The third-order valence-electron chi connectivity index (χ3n) is 8.33. The van der Waals surface area contributed by atoms with Gasteiger partial charge in [0.05, 0.1) is 0 Å². The minimum atomic E-state index is -1.85. The van der Waals surface area contributed by atoms with E-state index in [1.54, 1.807) is 0 Å². The van der Waals surface area contributed by atoms with E-state index in [-0.39, 0.29) is 0 Å². The molecule has 0 aliphatic heterocycles. The van der Waals surface area contributed by atoms with Crippen LogP contribution in [0, 0.1) is 0 Å². The van der Waals surface area contributed by atoms with Crippen LogP contribution in [0.2, 0.25) is 24.2 Å². The molecule has 0 bridgehead atoms. The largest absolute Gasteiger partial charge is 0.416 e. The Morgan fingerprint density at radius 1 is 0.432 bits per heavy atom. The van der Waals surface area contributed by atoms with Crippen LogP contribution in [0.4, 0.5) is 0 Å². The second kappa shape index (κ2) is 24.5. The Morgan fingerprint density at radius 3 is 0.973 bits per heavy atom. The first-order valence-electron chi connectivity index (χ1n) is 16.9. The van der Waals surface area contributed by atoms with Crippen molar-refractivity contribution in [2.24, 2.45) is 0 Å². The van der Waals surface area contributed by atoms with Crippen molar-refractivity contribution in [2.75, 3.05) is 13.2 Å². The first kappa shape index (κ1) is 37.7. The minimum absolute atomic E-state index is 0.714. The van der Waals surface area contributed by atoms with E-state index in [2.05, 4.69) is 67.2 Å². The molecule has 0 aromatic rings. The van der Waals surface area contributed by atoms with Gasteiger partial charge in [0, 0.05) is 23.0 Å². The van der Waals surface area contributed by atoms with Crippen molar-refractivity contribution in [3.63, 3.8) is 0 Å². The summed E-state index contributed by atoms with van der Waals surface area (Å²) in [5.41, 5.74) is 0. The quantitative estimate of drug-likeness (QED) is 0.0683. The van der Waals surface area contributed by atoms with Gasteiger partial charge in [-0.2, -0.15) is 11.8 Å².